The van der Waals surface area contributed by atoms with Gasteiger partial charge in [0, 0.05) is 24.2 Å². The van der Waals surface area contributed by atoms with E-state index in [1.54, 1.807) is 47.4 Å². The summed E-state index contributed by atoms with van der Waals surface area (Å²) in [7, 11) is -0.506. The molecule has 0 bridgehead atoms. The van der Waals surface area contributed by atoms with Gasteiger partial charge in [0.05, 0.1) is 20.0 Å². The van der Waals surface area contributed by atoms with Gasteiger partial charge in [0.15, 0.2) is 0 Å². The van der Waals surface area contributed by atoms with Crippen LogP contribution in [0.25, 0.3) is 0 Å². The maximum absolute atomic E-state index is 13.1. The molecule has 0 radical (unpaired) electrons. The highest BCUT2D eigenvalue weighted by molar-refractivity contribution is 7.87. The number of benzene rings is 2. The summed E-state index contributed by atoms with van der Waals surface area (Å²) in [5.41, 5.74) is 1.31. The van der Waals surface area contributed by atoms with E-state index in [1.807, 2.05) is 13.8 Å². The number of carbonyl (C=O) groups is 1. The number of hydrogen-bond donors (Lipinski definition) is 0. The molecule has 29 heavy (non-hydrogen) atoms. The minimum atomic E-state index is -3.57. The molecule has 1 amide bonds. The Morgan fingerprint density at radius 3 is 1.97 bits per heavy atom. The summed E-state index contributed by atoms with van der Waals surface area (Å²) in [6.07, 6.45) is 0. The van der Waals surface area contributed by atoms with Gasteiger partial charge in [-0.3, -0.25) is 4.79 Å². The van der Waals surface area contributed by atoms with E-state index >= 15 is 0 Å². The number of hydrogen-bond acceptors (Lipinski definition) is 6. The lowest BCUT2D eigenvalue weighted by molar-refractivity contribution is 0.0689. The Balaban J connectivity index is 2.23. The Morgan fingerprint density at radius 2 is 1.52 bits per heavy atom. The van der Waals surface area contributed by atoms with E-state index in [1.165, 1.54) is 21.1 Å². The maximum atomic E-state index is 13.1. The highest BCUT2D eigenvalue weighted by Crippen LogP contribution is 2.25. The largest absolute Gasteiger partial charge is 0.497 e. The zero-order valence-corrected chi connectivity index (χ0v) is 18.2. The highest BCUT2D eigenvalue weighted by atomic mass is 32.2. The van der Waals surface area contributed by atoms with Crippen LogP contribution in [0.1, 0.15) is 36.7 Å². The molecule has 2 aromatic carbocycles. The minimum Gasteiger partial charge on any atom is -0.497 e. The summed E-state index contributed by atoms with van der Waals surface area (Å²) >= 11 is 0. The lowest BCUT2D eigenvalue weighted by Gasteiger charge is -2.27. The van der Waals surface area contributed by atoms with Crippen LogP contribution in [-0.4, -0.2) is 45.2 Å². The van der Waals surface area contributed by atoms with Gasteiger partial charge in [-0.15, -0.1) is 0 Å². The fraction of sp³-hybridized carbons (Fsp3) is 0.381. The first-order valence-electron chi connectivity index (χ1n) is 9.24. The van der Waals surface area contributed by atoms with Crippen molar-refractivity contribution in [2.45, 2.75) is 33.4 Å². The molecular formula is C21H27NO6S. The molecule has 0 fully saturated rings. The van der Waals surface area contributed by atoms with Crippen LogP contribution >= 0.6 is 0 Å². The summed E-state index contributed by atoms with van der Waals surface area (Å²) in [4.78, 5) is 14.8. The zero-order valence-electron chi connectivity index (χ0n) is 17.3. The van der Waals surface area contributed by atoms with E-state index in [0.29, 0.717) is 23.6 Å². The van der Waals surface area contributed by atoms with E-state index in [4.69, 9.17) is 13.7 Å². The predicted molar refractivity (Wildman–Crippen MR) is 111 cm³/mol. The van der Waals surface area contributed by atoms with Crippen LogP contribution in [-0.2, 0) is 16.7 Å². The fourth-order valence-corrected chi connectivity index (χ4v) is 3.16. The Labute approximate surface area is 172 Å². The molecule has 0 aromatic heterocycles. The van der Waals surface area contributed by atoms with Gasteiger partial charge < -0.3 is 18.6 Å². The van der Waals surface area contributed by atoms with Gasteiger partial charge in [-0.1, -0.05) is 12.1 Å². The maximum Gasteiger partial charge on any atom is 0.308 e. The molecule has 8 heteroatoms. The number of methoxy groups -OCH3 is 2. The fourth-order valence-electron chi connectivity index (χ4n) is 2.64. The highest BCUT2D eigenvalue weighted by Gasteiger charge is 2.21. The van der Waals surface area contributed by atoms with Crippen LogP contribution in [0.4, 0.5) is 0 Å². The molecule has 7 nitrogen and oxygen atoms in total. The standard InChI is InChI=1S/C21H27NO6S/c1-6-29(24,25)28-18-9-7-16(8-10-18)14-22(15(2)3)21(23)17-11-19(26-4)13-20(12-17)27-5/h7-13,15H,6,14H2,1-5H3. The predicted octanol–water partition coefficient (Wildman–Crippen LogP) is 3.48. The van der Waals surface area contributed by atoms with Crippen molar-refractivity contribution in [2.24, 2.45) is 0 Å². The lowest BCUT2D eigenvalue weighted by Crippen LogP contribution is -2.36. The number of ether oxygens (including phenoxy) is 2. The monoisotopic (exact) mass is 421 g/mol. The normalized spacial score (nSPS) is 11.2. The first-order chi connectivity index (χ1) is 13.7. The Hall–Kier alpha value is -2.74. The Morgan fingerprint density at radius 1 is 0.966 bits per heavy atom. The van der Waals surface area contributed by atoms with Gasteiger partial charge in [-0.25, -0.2) is 0 Å². The smallest absolute Gasteiger partial charge is 0.308 e. The first-order valence-corrected chi connectivity index (χ1v) is 10.8. The number of amides is 1. The van der Waals surface area contributed by atoms with Crippen LogP contribution in [0.2, 0.25) is 0 Å². The van der Waals surface area contributed by atoms with Crippen LogP contribution in [0.3, 0.4) is 0 Å². The van der Waals surface area contributed by atoms with E-state index in [-0.39, 0.29) is 23.5 Å². The molecule has 158 valence electrons. The van der Waals surface area contributed by atoms with Crippen molar-refractivity contribution in [1.29, 1.82) is 0 Å². The van der Waals surface area contributed by atoms with Crippen molar-refractivity contribution in [1.82, 2.24) is 4.90 Å². The van der Waals surface area contributed by atoms with Crippen LogP contribution < -0.4 is 13.7 Å². The van der Waals surface area contributed by atoms with Crippen molar-refractivity contribution < 1.29 is 26.9 Å². The second-order valence-corrected chi connectivity index (χ2v) is 8.56. The average Bonchev–Trinajstić information content (AvgIpc) is 2.71. The van der Waals surface area contributed by atoms with Gasteiger partial charge >= 0.3 is 10.1 Å². The van der Waals surface area contributed by atoms with Gasteiger partial charge in [-0.2, -0.15) is 8.42 Å². The van der Waals surface area contributed by atoms with E-state index in [0.717, 1.165) is 5.56 Å². The molecule has 0 atom stereocenters. The SMILES string of the molecule is CCS(=O)(=O)Oc1ccc(CN(C(=O)c2cc(OC)cc(OC)c2)C(C)C)cc1. The third kappa shape index (κ3) is 6.12. The van der Waals surface area contributed by atoms with Gasteiger partial charge in [0.25, 0.3) is 5.91 Å². The first kappa shape index (κ1) is 22.5. The van der Waals surface area contributed by atoms with E-state index < -0.39 is 10.1 Å². The third-order valence-corrected chi connectivity index (χ3v) is 5.49. The zero-order chi connectivity index (χ0) is 21.6. The second kappa shape index (κ2) is 9.65. The molecule has 0 spiro atoms. The van der Waals surface area contributed by atoms with Crippen LogP contribution in [0.5, 0.6) is 17.2 Å². The molecular weight excluding hydrogens is 394 g/mol. The summed E-state index contributed by atoms with van der Waals surface area (Å²) in [5, 5.41) is 0. The number of rotatable bonds is 9. The molecule has 0 saturated heterocycles. The molecule has 0 N–H and O–H groups in total. The number of carbonyl (C=O) groups excluding carboxylic acids is 1. The molecule has 2 aromatic rings. The van der Waals surface area contributed by atoms with Crippen molar-refractivity contribution in [3.8, 4) is 17.2 Å². The van der Waals surface area contributed by atoms with Gasteiger partial charge in [0.1, 0.15) is 17.2 Å². The van der Waals surface area contributed by atoms with Crippen LogP contribution in [0.15, 0.2) is 42.5 Å². The van der Waals surface area contributed by atoms with Crippen molar-refractivity contribution in [3.05, 3.63) is 53.6 Å². The third-order valence-electron chi connectivity index (χ3n) is 4.34. The van der Waals surface area contributed by atoms with Crippen molar-refractivity contribution >= 4 is 16.0 Å². The second-order valence-electron chi connectivity index (χ2n) is 6.70. The van der Waals surface area contributed by atoms with E-state index in [9.17, 15) is 13.2 Å². The van der Waals surface area contributed by atoms with Crippen molar-refractivity contribution in [3.63, 3.8) is 0 Å². The van der Waals surface area contributed by atoms with E-state index in [2.05, 4.69) is 0 Å². The minimum absolute atomic E-state index is 0.0592. The molecule has 0 heterocycles. The summed E-state index contributed by atoms with van der Waals surface area (Å²) in [5.74, 6) is 1.06. The topological polar surface area (TPSA) is 82.1 Å². The Bertz CT molecular complexity index is 916. The molecule has 0 saturated carbocycles. The molecule has 0 unspecified atom stereocenters. The average molecular weight is 422 g/mol. The Kier molecular flexibility index (Phi) is 7.50. The quantitative estimate of drug-likeness (QED) is 0.577. The van der Waals surface area contributed by atoms with Gasteiger partial charge in [-0.05, 0) is 50.6 Å². The molecule has 0 aliphatic heterocycles. The summed E-state index contributed by atoms with van der Waals surface area (Å²) in [6, 6.07) is 11.7. The summed E-state index contributed by atoms with van der Waals surface area (Å²) < 4.78 is 38.7. The molecule has 0 aliphatic carbocycles. The molecule has 0 aliphatic rings. The van der Waals surface area contributed by atoms with Crippen molar-refractivity contribution in [2.75, 3.05) is 20.0 Å². The molecule has 2 rings (SSSR count). The summed E-state index contributed by atoms with van der Waals surface area (Å²) in [6.45, 7) is 5.74. The van der Waals surface area contributed by atoms with Gasteiger partial charge in [0.2, 0.25) is 0 Å². The van der Waals surface area contributed by atoms with Crippen LogP contribution in [0, 0.1) is 0 Å². The lowest BCUT2D eigenvalue weighted by atomic mass is 10.1. The number of nitrogens with zero attached hydrogens (tertiary/aromatic N) is 1.